The maximum absolute atomic E-state index is 12.0. The summed E-state index contributed by atoms with van der Waals surface area (Å²) in [5.41, 5.74) is 4.50. The van der Waals surface area contributed by atoms with Crippen molar-refractivity contribution in [1.29, 1.82) is 0 Å². The van der Waals surface area contributed by atoms with E-state index in [1.165, 1.54) is 6.08 Å². The Kier molecular flexibility index (Phi) is 6.41. The summed E-state index contributed by atoms with van der Waals surface area (Å²) in [6, 6.07) is 15.0. The highest BCUT2D eigenvalue weighted by Crippen LogP contribution is 2.44. The first-order chi connectivity index (χ1) is 12.1. The molecule has 3 rings (SSSR count). The number of nitrogens with one attached hydrogen (secondary N) is 1. The van der Waals surface area contributed by atoms with Gasteiger partial charge in [0.2, 0.25) is 0 Å². The fraction of sp³-hybridized carbons (Fsp3) is 0.200. The summed E-state index contributed by atoms with van der Waals surface area (Å²) in [5, 5.41) is 11.4. The Labute approximate surface area is 158 Å². The van der Waals surface area contributed by atoms with Crippen molar-refractivity contribution in [2.75, 3.05) is 6.61 Å². The van der Waals surface area contributed by atoms with Gasteiger partial charge in [-0.1, -0.05) is 54.6 Å². The first-order valence-corrected chi connectivity index (χ1v) is 8.07. The van der Waals surface area contributed by atoms with E-state index in [2.05, 4.69) is 24.0 Å². The fourth-order valence-corrected chi connectivity index (χ4v) is 3.17. The van der Waals surface area contributed by atoms with Crippen LogP contribution in [0.25, 0.3) is 11.1 Å². The van der Waals surface area contributed by atoms with Crippen molar-refractivity contribution >= 4 is 24.5 Å². The van der Waals surface area contributed by atoms with E-state index in [-0.39, 0.29) is 31.4 Å². The lowest BCUT2D eigenvalue weighted by atomic mass is 9.98. The average Bonchev–Trinajstić information content (AvgIpc) is 2.93. The number of carbonyl (C=O) groups excluding carboxylic acids is 1. The molecule has 0 aromatic heterocycles. The lowest BCUT2D eigenvalue weighted by Gasteiger charge is -2.16. The van der Waals surface area contributed by atoms with Gasteiger partial charge in [0.05, 0.1) is 0 Å². The van der Waals surface area contributed by atoms with Crippen molar-refractivity contribution in [3.05, 3.63) is 72.3 Å². The van der Waals surface area contributed by atoms with Gasteiger partial charge in [-0.05, 0) is 28.7 Å². The predicted molar refractivity (Wildman–Crippen MR) is 102 cm³/mol. The molecule has 1 aliphatic rings. The van der Waals surface area contributed by atoms with Crippen LogP contribution >= 0.6 is 12.4 Å². The Morgan fingerprint density at radius 3 is 2.15 bits per heavy atom. The van der Waals surface area contributed by atoms with Gasteiger partial charge in [-0.25, -0.2) is 9.59 Å². The number of carboxylic acids is 1. The van der Waals surface area contributed by atoms with Crippen LogP contribution in [0, 0.1) is 0 Å². The maximum Gasteiger partial charge on any atom is 0.407 e. The summed E-state index contributed by atoms with van der Waals surface area (Å²) >= 11 is 0. The SMILES string of the molecule is C=CCC(NC(=O)OCC1c2ccccc2-c2ccccc21)C(=O)O.Cl. The molecule has 0 saturated heterocycles. The van der Waals surface area contributed by atoms with Crippen LogP contribution in [0.5, 0.6) is 0 Å². The lowest BCUT2D eigenvalue weighted by Crippen LogP contribution is -2.41. The largest absolute Gasteiger partial charge is 0.480 e. The molecule has 1 aliphatic carbocycles. The normalized spacial score (nSPS) is 12.9. The van der Waals surface area contributed by atoms with Crippen molar-refractivity contribution in [3.8, 4) is 11.1 Å². The molecule has 1 unspecified atom stereocenters. The van der Waals surface area contributed by atoms with Crippen molar-refractivity contribution < 1.29 is 19.4 Å². The summed E-state index contributed by atoms with van der Waals surface area (Å²) in [7, 11) is 0. The Hall–Kier alpha value is -2.79. The number of benzene rings is 2. The van der Waals surface area contributed by atoms with Crippen LogP contribution in [-0.2, 0) is 9.53 Å². The maximum atomic E-state index is 12.0. The van der Waals surface area contributed by atoms with Crippen molar-refractivity contribution in [2.45, 2.75) is 18.4 Å². The second-order valence-electron chi connectivity index (χ2n) is 5.89. The minimum Gasteiger partial charge on any atom is -0.480 e. The van der Waals surface area contributed by atoms with Crippen LogP contribution in [0.1, 0.15) is 23.5 Å². The smallest absolute Gasteiger partial charge is 0.407 e. The Morgan fingerprint density at radius 1 is 1.12 bits per heavy atom. The van der Waals surface area contributed by atoms with Crippen LogP contribution < -0.4 is 5.32 Å². The predicted octanol–water partition coefficient (Wildman–Crippen LogP) is 3.98. The molecule has 0 saturated carbocycles. The molecule has 0 radical (unpaired) electrons. The molecule has 0 heterocycles. The zero-order valence-electron chi connectivity index (χ0n) is 14.1. The first kappa shape index (κ1) is 19.5. The topological polar surface area (TPSA) is 75.6 Å². The van der Waals surface area contributed by atoms with Crippen molar-refractivity contribution in [1.82, 2.24) is 5.32 Å². The lowest BCUT2D eigenvalue weighted by molar-refractivity contribution is -0.139. The molecular formula is C20H20ClNO4. The molecule has 2 aromatic carbocycles. The van der Waals surface area contributed by atoms with Crippen LogP contribution in [0.2, 0.25) is 0 Å². The second-order valence-corrected chi connectivity index (χ2v) is 5.89. The number of carbonyl (C=O) groups is 2. The monoisotopic (exact) mass is 373 g/mol. The summed E-state index contributed by atoms with van der Waals surface area (Å²) in [5.74, 6) is -1.17. The van der Waals surface area contributed by atoms with E-state index in [4.69, 9.17) is 9.84 Å². The number of rotatable bonds is 6. The summed E-state index contributed by atoms with van der Waals surface area (Å²) in [6.45, 7) is 3.65. The highest BCUT2D eigenvalue weighted by atomic mass is 35.5. The molecule has 2 N–H and O–H groups in total. The third kappa shape index (κ3) is 3.89. The molecule has 0 aliphatic heterocycles. The third-order valence-corrected chi connectivity index (χ3v) is 4.34. The number of halogens is 1. The van der Waals surface area contributed by atoms with Gasteiger partial charge in [0.15, 0.2) is 0 Å². The van der Waals surface area contributed by atoms with Crippen LogP contribution in [-0.4, -0.2) is 29.8 Å². The molecule has 1 amide bonds. The van der Waals surface area contributed by atoms with E-state index in [1.54, 1.807) is 0 Å². The highest BCUT2D eigenvalue weighted by molar-refractivity contribution is 5.85. The molecular weight excluding hydrogens is 354 g/mol. The van der Waals surface area contributed by atoms with E-state index in [0.29, 0.717) is 0 Å². The van der Waals surface area contributed by atoms with E-state index in [0.717, 1.165) is 22.3 Å². The summed E-state index contributed by atoms with van der Waals surface area (Å²) < 4.78 is 5.32. The fourth-order valence-electron chi connectivity index (χ4n) is 3.17. The molecule has 26 heavy (non-hydrogen) atoms. The zero-order valence-corrected chi connectivity index (χ0v) is 14.9. The van der Waals surface area contributed by atoms with Gasteiger partial charge in [-0.2, -0.15) is 0 Å². The summed E-state index contributed by atoms with van der Waals surface area (Å²) in [4.78, 5) is 23.1. The standard InChI is InChI=1S/C20H19NO4.ClH/c1-2-7-18(19(22)23)21-20(24)25-12-17-15-10-5-3-8-13(15)14-9-4-6-11-16(14)17;/h2-6,8-11,17-18H,1,7,12H2,(H,21,24)(H,22,23);1H. The van der Waals surface area contributed by atoms with Crippen molar-refractivity contribution in [3.63, 3.8) is 0 Å². The number of carboxylic acid groups (broad SMARTS) is 1. The molecule has 1 atom stereocenters. The Morgan fingerprint density at radius 2 is 1.65 bits per heavy atom. The highest BCUT2D eigenvalue weighted by Gasteiger charge is 2.29. The summed E-state index contributed by atoms with van der Waals surface area (Å²) in [6.07, 6.45) is 0.846. The number of hydrogen-bond donors (Lipinski definition) is 2. The quantitative estimate of drug-likeness (QED) is 0.751. The molecule has 0 fully saturated rings. The number of hydrogen-bond acceptors (Lipinski definition) is 3. The van der Waals surface area contributed by atoms with Crippen LogP contribution in [0.15, 0.2) is 61.2 Å². The van der Waals surface area contributed by atoms with Gasteiger partial charge in [0.25, 0.3) is 0 Å². The number of amides is 1. The van der Waals surface area contributed by atoms with Gasteiger partial charge in [0.1, 0.15) is 12.6 Å². The molecule has 2 aromatic rings. The van der Waals surface area contributed by atoms with E-state index < -0.39 is 18.1 Å². The second kappa shape index (κ2) is 8.54. The van der Waals surface area contributed by atoms with E-state index >= 15 is 0 Å². The van der Waals surface area contributed by atoms with Gasteiger partial charge >= 0.3 is 12.1 Å². The minimum atomic E-state index is -1.12. The van der Waals surface area contributed by atoms with Crippen LogP contribution in [0.3, 0.4) is 0 Å². The number of aliphatic carboxylic acids is 1. The third-order valence-electron chi connectivity index (χ3n) is 4.34. The van der Waals surface area contributed by atoms with E-state index in [1.807, 2.05) is 36.4 Å². The average molecular weight is 374 g/mol. The van der Waals surface area contributed by atoms with Crippen LogP contribution in [0.4, 0.5) is 4.79 Å². The Bertz CT molecular complexity index is 775. The zero-order chi connectivity index (χ0) is 17.8. The molecule has 5 nitrogen and oxygen atoms in total. The minimum absolute atomic E-state index is 0. The molecule has 136 valence electrons. The van der Waals surface area contributed by atoms with Gasteiger partial charge in [-0.3, -0.25) is 0 Å². The van der Waals surface area contributed by atoms with Gasteiger partial charge < -0.3 is 15.2 Å². The van der Waals surface area contributed by atoms with Gasteiger partial charge in [0, 0.05) is 5.92 Å². The first-order valence-electron chi connectivity index (χ1n) is 8.07. The number of ether oxygens (including phenoxy) is 1. The van der Waals surface area contributed by atoms with E-state index in [9.17, 15) is 9.59 Å². The number of alkyl carbamates (subject to hydrolysis) is 1. The van der Waals surface area contributed by atoms with Gasteiger partial charge in [-0.15, -0.1) is 19.0 Å². The molecule has 0 spiro atoms. The van der Waals surface area contributed by atoms with Crippen molar-refractivity contribution in [2.24, 2.45) is 0 Å². The Balaban J connectivity index is 0.00000243. The molecule has 6 heteroatoms. The number of fused-ring (bicyclic) bond motifs is 3. The molecule has 0 bridgehead atoms.